The van der Waals surface area contributed by atoms with Crippen molar-refractivity contribution in [3.63, 3.8) is 0 Å². The summed E-state index contributed by atoms with van der Waals surface area (Å²) in [6.07, 6.45) is 1.13. The predicted molar refractivity (Wildman–Crippen MR) is 131 cm³/mol. The Morgan fingerprint density at radius 1 is 0.912 bits per heavy atom. The van der Waals surface area contributed by atoms with Gasteiger partial charge < -0.3 is 19.5 Å². The molecule has 1 N–H and O–H groups in total. The molecule has 8 nitrogen and oxygen atoms in total. The van der Waals surface area contributed by atoms with Crippen LogP contribution in [0.2, 0.25) is 0 Å². The van der Waals surface area contributed by atoms with Crippen molar-refractivity contribution in [2.75, 3.05) is 37.9 Å². The van der Waals surface area contributed by atoms with Crippen molar-refractivity contribution < 1.29 is 27.4 Å². The number of nitrogens with one attached hydrogen (secondary N) is 1. The van der Waals surface area contributed by atoms with Crippen molar-refractivity contribution in [3.05, 3.63) is 83.9 Å². The first-order chi connectivity index (χ1) is 16.3. The van der Waals surface area contributed by atoms with E-state index in [4.69, 9.17) is 14.2 Å². The van der Waals surface area contributed by atoms with Crippen LogP contribution in [0.25, 0.3) is 0 Å². The maximum Gasteiger partial charge on any atom is 0.251 e. The van der Waals surface area contributed by atoms with Gasteiger partial charge in [-0.3, -0.25) is 9.10 Å². The van der Waals surface area contributed by atoms with Gasteiger partial charge in [0.1, 0.15) is 23.9 Å². The molecule has 0 saturated heterocycles. The zero-order chi connectivity index (χ0) is 24.6. The summed E-state index contributed by atoms with van der Waals surface area (Å²) in [6, 6.07) is 21.1. The second kappa shape index (κ2) is 11.4. The van der Waals surface area contributed by atoms with Crippen LogP contribution in [0.15, 0.2) is 72.8 Å². The lowest BCUT2D eigenvalue weighted by molar-refractivity contribution is 0.0947. The quantitative estimate of drug-likeness (QED) is 0.419. The third kappa shape index (κ3) is 6.64. The van der Waals surface area contributed by atoms with Gasteiger partial charge in [0, 0.05) is 11.6 Å². The fourth-order valence-corrected chi connectivity index (χ4v) is 4.14. The normalized spacial score (nSPS) is 10.9. The zero-order valence-corrected chi connectivity index (χ0v) is 20.2. The van der Waals surface area contributed by atoms with Crippen molar-refractivity contribution in [1.29, 1.82) is 0 Å². The number of ether oxygens (including phenoxy) is 3. The van der Waals surface area contributed by atoms with Gasteiger partial charge in [0.2, 0.25) is 10.0 Å². The first kappa shape index (κ1) is 24.9. The molecule has 34 heavy (non-hydrogen) atoms. The van der Waals surface area contributed by atoms with Crippen LogP contribution in [0, 0.1) is 0 Å². The molecule has 9 heteroatoms. The van der Waals surface area contributed by atoms with Gasteiger partial charge in [-0.15, -0.1) is 0 Å². The van der Waals surface area contributed by atoms with Crippen molar-refractivity contribution in [3.8, 4) is 17.2 Å². The summed E-state index contributed by atoms with van der Waals surface area (Å²) < 4.78 is 42.6. The summed E-state index contributed by atoms with van der Waals surface area (Å²) in [7, 11) is -0.649. The molecule has 0 aliphatic rings. The van der Waals surface area contributed by atoms with Gasteiger partial charge in [-0.2, -0.15) is 0 Å². The molecule has 1 amide bonds. The minimum atomic E-state index is -3.63. The number of hydrogen-bond acceptors (Lipinski definition) is 6. The summed E-state index contributed by atoms with van der Waals surface area (Å²) >= 11 is 0. The number of methoxy groups -OCH3 is 2. The number of nitrogens with zero attached hydrogens (tertiary/aromatic N) is 1. The Morgan fingerprint density at radius 3 is 2.24 bits per heavy atom. The standard InChI is InChI=1S/C25H28N2O6S/c1-31-22-13-14-24(32-2)23(17-22)27(34(3,29)30)18-19-9-11-20(12-10-19)25(28)26-15-16-33-21-7-5-4-6-8-21/h4-14,17H,15-16,18H2,1-3H3,(H,26,28). The molecule has 0 spiro atoms. The van der Waals surface area contributed by atoms with Gasteiger partial charge >= 0.3 is 0 Å². The maximum absolute atomic E-state index is 12.6. The number of sulfonamides is 1. The van der Waals surface area contributed by atoms with Gasteiger partial charge in [0.05, 0.1) is 39.3 Å². The highest BCUT2D eigenvalue weighted by molar-refractivity contribution is 7.92. The van der Waals surface area contributed by atoms with Crippen molar-refractivity contribution in [2.45, 2.75) is 6.54 Å². The number of benzene rings is 3. The monoisotopic (exact) mass is 484 g/mol. The van der Waals surface area contributed by atoms with E-state index >= 15 is 0 Å². The van der Waals surface area contributed by atoms with E-state index in [2.05, 4.69) is 5.32 Å². The second-order valence-electron chi connectivity index (χ2n) is 7.42. The number of carbonyl (C=O) groups is 1. The van der Waals surface area contributed by atoms with Crippen LogP contribution in [0.4, 0.5) is 5.69 Å². The fraction of sp³-hybridized carbons (Fsp3) is 0.240. The first-order valence-electron chi connectivity index (χ1n) is 10.6. The summed E-state index contributed by atoms with van der Waals surface area (Å²) in [4.78, 5) is 12.4. The SMILES string of the molecule is COc1ccc(OC)c(N(Cc2ccc(C(=O)NCCOc3ccccc3)cc2)S(C)(=O)=O)c1. The van der Waals surface area contributed by atoms with E-state index in [1.54, 1.807) is 42.5 Å². The van der Waals surface area contributed by atoms with E-state index in [-0.39, 0.29) is 12.5 Å². The predicted octanol–water partition coefficient (Wildman–Crippen LogP) is 3.48. The number of amides is 1. The van der Waals surface area contributed by atoms with Crippen LogP contribution in [0.1, 0.15) is 15.9 Å². The average molecular weight is 485 g/mol. The Bertz CT molecular complexity index is 1200. The molecular formula is C25H28N2O6S. The Morgan fingerprint density at radius 2 is 1.62 bits per heavy atom. The molecule has 3 aromatic rings. The van der Waals surface area contributed by atoms with E-state index in [1.807, 2.05) is 30.3 Å². The van der Waals surface area contributed by atoms with Crippen molar-refractivity contribution in [1.82, 2.24) is 5.32 Å². The molecule has 3 aromatic carbocycles. The summed E-state index contributed by atoms with van der Waals surface area (Å²) in [5.41, 5.74) is 1.54. The molecule has 0 aromatic heterocycles. The highest BCUT2D eigenvalue weighted by Crippen LogP contribution is 2.34. The zero-order valence-electron chi connectivity index (χ0n) is 19.4. The number of carbonyl (C=O) groups excluding carboxylic acids is 1. The lowest BCUT2D eigenvalue weighted by atomic mass is 10.1. The number of anilines is 1. The second-order valence-corrected chi connectivity index (χ2v) is 9.33. The van der Waals surface area contributed by atoms with Crippen LogP contribution in [0.3, 0.4) is 0 Å². The minimum absolute atomic E-state index is 0.0647. The highest BCUT2D eigenvalue weighted by atomic mass is 32.2. The summed E-state index contributed by atoms with van der Waals surface area (Å²) in [5.74, 6) is 1.41. The van der Waals surface area contributed by atoms with Gasteiger partial charge in [-0.05, 0) is 42.0 Å². The molecule has 0 saturated carbocycles. The van der Waals surface area contributed by atoms with E-state index in [9.17, 15) is 13.2 Å². The largest absolute Gasteiger partial charge is 0.497 e. The fourth-order valence-electron chi connectivity index (χ4n) is 3.25. The summed E-state index contributed by atoms with van der Waals surface area (Å²) in [5, 5.41) is 2.81. The van der Waals surface area contributed by atoms with E-state index in [0.717, 1.165) is 12.0 Å². The Balaban J connectivity index is 1.66. The number of hydrogen-bond donors (Lipinski definition) is 1. The molecule has 0 radical (unpaired) electrons. The van der Waals surface area contributed by atoms with Gasteiger partial charge in [-0.25, -0.2) is 8.42 Å². The van der Waals surface area contributed by atoms with Gasteiger partial charge in [0.25, 0.3) is 5.91 Å². The lowest BCUT2D eigenvalue weighted by Gasteiger charge is -2.25. The molecule has 0 heterocycles. The molecule has 0 fully saturated rings. The molecule has 0 aliphatic heterocycles. The van der Waals surface area contributed by atoms with E-state index in [1.165, 1.54) is 18.5 Å². The molecule has 0 atom stereocenters. The Kier molecular flexibility index (Phi) is 8.37. The van der Waals surface area contributed by atoms with E-state index < -0.39 is 10.0 Å². The van der Waals surface area contributed by atoms with Crippen LogP contribution < -0.4 is 23.8 Å². The van der Waals surface area contributed by atoms with Crippen LogP contribution in [-0.4, -0.2) is 48.0 Å². The third-order valence-electron chi connectivity index (χ3n) is 5.00. The lowest BCUT2D eigenvalue weighted by Crippen LogP contribution is -2.30. The Hall–Kier alpha value is -3.72. The molecule has 0 bridgehead atoms. The number of rotatable bonds is 11. The molecule has 3 rings (SSSR count). The molecule has 0 unspecified atom stereocenters. The van der Waals surface area contributed by atoms with Crippen LogP contribution >= 0.6 is 0 Å². The van der Waals surface area contributed by atoms with Gasteiger partial charge in [-0.1, -0.05) is 30.3 Å². The number of para-hydroxylation sites is 1. The van der Waals surface area contributed by atoms with Crippen LogP contribution in [0.5, 0.6) is 17.2 Å². The summed E-state index contributed by atoms with van der Waals surface area (Å²) in [6.45, 7) is 0.766. The maximum atomic E-state index is 12.6. The van der Waals surface area contributed by atoms with Crippen LogP contribution in [-0.2, 0) is 16.6 Å². The Labute approximate surface area is 200 Å². The third-order valence-corrected chi connectivity index (χ3v) is 6.12. The van der Waals surface area contributed by atoms with Crippen molar-refractivity contribution in [2.24, 2.45) is 0 Å². The first-order valence-corrected chi connectivity index (χ1v) is 12.4. The molecule has 180 valence electrons. The van der Waals surface area contributed by atoms with E-state index in [0.29, 0.717) is 41.5 Å². The van der Waals surface area contributed by atoms with Gasteiger partial charge in [0.15, 0.2) is 0 Å². The highest BCUT2D eigenvalue weighted by Gasteiger charge is 2.22. The molecular weight excluding hydrogens is 456 g/mol. The van der Waals surface area contributed by atoms with Crippen molar-refractivity contribution >= 4 is 21.6 Å². The topological polar surface area (TPSA) is 94.2 Å². The average Bonchev–Trinajstić information content (AvgIpc) is 2.85. The minimum Gasteiger partial charge on any atom is -0.497 e. The molecule has 0 aliphatic carbocycles. The smallest absolute Gasteiger partial charge is 0.251 e.